The molecule has 0 fully saturated rings. The third-order valence-corrected chi connectivity index (χ3v) is 6.42. The fourth-order valence-electron chi connectivity index (χ4n) is 3.59. The molecule has 0 aromatic heterocycles. The topological polar surface area (TPSA) is 69.6 Å². The van der Waals surface area contributed by atoms with Gasteiger partial charge in [-0.1, -0.05) is 74.5 Å². The van der Waals surface area contributed by atoms with Crippen molar-refractivity contribution in [2.75, 3.05) is 6.54 Å². The minimum absolute atomic E-state index is 0.0405. The van der Waals surface area contributed by atoms with Gasteiger partial charge in [-0.25, -0.2) is 4.79 Å². The van der Waals surface area contributed by atoms with E-state index in [1.165, 1.54) is 5.56 Å². The summed E-state index contributed by atoms with van der Waals surface area (Å²) in [6.45, 7) is 6.89. The van der Waals surface area contributed by atoms with Gasteiger partial charge in [0.15, 0.2) is 0 Å². The summed E-state index contributed by atoms with van der Waals surface area (Å²) in [7, 11) is 0. The second-order valence-corrected chi connectivity index (χ2v) is 9.85. The van der Waals surface area contributed by atoms with Gasteiger partial charge < -0.3 is 15.5 Å². The Balaban J connectivity index is 1.61. The lowest BCUT2D eigenvalue weighted by Crippen LogP contribution is -2.33. The first kappa shape index (κ1) is 24.1. The largest absolute Gasteiger partial charge is 0.478 e. The van der Waals surface area contributed by atoms with E-state index in [1.807, 2.05) is 49.4 Å². The van der Waals surface area contributed by atoms with Crippen LogP contribution in [0.15, 0.2) is 77.7 Å². The van der Waals surface area contributed by atoms with E-state index >= 15 is 0 Å². The van der Waals surface area contributed by atoms with E-state index < -0.39 is 12.1 Å². The molecule has 0 bridgehead atoms. The fourth-order valence-corrected chi connectivity index (χ4v) is 4.57. The Kier molecular flexibility index (Phi) is 8.51. The van der Waals surface area contributed by atoms with E-state index in [0.717, 1.165) is 34.6 Å². The van der Waals surface area contributed by atoms with Gasteiger partial charge in [0.25, 0.3) is 0 Å². The van der Waals surface area contributed by atoms with Crippen LogP contribution in [-0.4, -0.2) is 34.0 Å². The summed E-state index contributed by atoms with van der Waals surface area (Å²) in [5.74, 6) is -0.894. The molecule has 0 aliphatic carbocycles. The zero-order valence-corrected chi connectivity index (χ0v) is 19.6. The van der Waals surface area contributed by atoms with Crippen LogP contribution in [0.5, 0.6) is 0 Å². The van der Waals surface area contributed by atoms with Crippen molar-refractivity contribution >= 4 is 17.7 Å². The van der Waals surface area contributed by atoms with E-state index in [4.69, 9.17) is 0 Å². The number of rotatable bonds is 10. The molecule has 0 unspecified atom stereocenters. The molecule has 0 aliphatic heterocycles. The van der Waals surface area contributed by atoms with Gasteiger partial charge in [0.05, 0.1) is 11.7 Å². The normalized spacial score (nSPS) is 13.2. The Morgan fingerprint density at radius 1 is 0.938 bits per heavy atom. The first-order valence-corrected chi connectivity index (χ1v) is 11.8. The zero-order valence-electron chi connectivity index (χ0n) is 18.8. The number of aliphatic hydroxyl groups excluding tert-OH is 1. The van der Waals surface area contributed by atoms with Crippen molar-refractivity contribution in [3.8, 4) is 11.1 Å². The van der Waals surface area contributed by atoms with E-state index in [1.54, 1.807) is 17.8 Å². The molecular weight excluding hydrogens is 418 g/mol. The molecule has 168 valence electrons. The number of hydrogen-bond donors (Lipinski definition) is 3. The van der Waals surface area contributed by atoms with Crippen LogP contribution >= 0.6 is 11.8 Å². The molecule has 0 saturated carbocycles. The van der Waals surface area contributed by atoms with E-state index in [2.05, 4.69) is 43.4 Å². The quantitative estimate of drug-likeness (QED) is 0.341. The van der Waals surface area contributed by atoms with Crippen LogP contribution in [0.1, 0.15) is 48.4 Å². The molecule has 3 rings (SSSR count). The van der Waals surface area contributed by atoms with Crippen molar-refractivity contribution < 1.29 is 15.0 Å². The molecule has 0 heterocycles. The number of carbonyl (C=O) groups is 1. The van der Waals surface area contributed by atoms with Crippen molar-refractivity contribution in [3.63, 3.8) is 0 Å². The van der Waals surface area contributed by atoms with Crippen molar-refractivity contribution in [3.05, 3.63) is 89.5 Å². The summed E-state index contributed by atoms with van der Waals surface area (Å²) in [6.07, 6.45) is 0.323. The Bertz CT molecular complexity index is 1020. The summed E-state index contributed by atoms with van der Waals surface area (Å²) >= 11 is 1.57. The lowest BCUT2D eigenvalue weighted by molar-refractivity contribution is 0.0693. The fraction of sp³-hybridized carbons (Fsp3) is 0.296. The molecule has 32 heavy (non-hydrogen) atoms. The van der Waals surface area contributed by atoms with E-state index in [9.17, 15) is 15.0 Å². The zero-order chi connectivity index (χ0) is 23.1. The Labute approximate surface area is 194 Å². The van der Waals surface area contributed by atoms with Crippen molar-refractivity contribution in [1.29, 1.82) is 0 Å². The van der Waals surface area contributed by atoms with Crippen molar-refractivity contribution in [1.82, 2.24) is 5.32 Å². The number of nitrogens with one attached hydrogen (secondary N) is 1. The van der Waals surface area contributed by atoms with Gasteiger partial charge in [-0.05, 0) is 54.3 Å². The monoisotopic (exact) mass is 449 g/mol. The predicted octanol–water partition coefficient (Wildman–Crippen LogP) is 5.81. The smallest absolute Gasteiger partial charge is 0.336 e. The van der Waals surface area contributed by atoms with Crippen molar-refractivity contribution in [2.24, 2.45) is 0 Å². The number of thioether (sulfide) groups is 1. The van der Waals surface area contributed by atoms with Crippen LogP contribution in [0.25, 0.3) is 11.1 Å². The maximum absolute atomic E-state index is 11.5. The standard InChI is InChI=1S/C27H31NO3S/c1-18(2)32-25-17-23(13-14-24(25)27(30)31)21-11-9-20(10-12-21)15-16-28-19(3)26(29)22-7-5-4-6-8-22/h4-14,17-19,26,28-29H,15-16H2,1-3H3,(H,30,31)/t19-,26+/m0/s1. The predicted molar refractivity (Wildman–Crippen MR) is 132 cm³/mol. The Hall–Kier alpha value is -2.60. The highest BCUT2D eigenvalue weighted by atomic mass is 32.2. The summed E-state index contributed by atoms with van der Waals surface area (Å²) in [6, 6.07) is 23.6. The molecule has 2 atom stereocenters. The number of carboxylic acids is 1. The first-order valence-electron chi connectivity index (χ1n) is 10.9. The van der Waals surface area contributed by atoms with Gasteiger partial charge in [-0.15, -0.1) is 11.8 Å². The molecule has 0 aliphatic rings. The maximum Gasteiger partial charge on any atom is 0.336 e. The number of aliphatic hydroxyl groups is 1. The summed E-state index contributed by atoms with van der Waals surface area (Å²) in [5.41, 5.74) is 4.56. The number of carboxylic acid groups (broad SMARTS) is 1. The molecule has 0 spiro atoms. The highest BCUT2D eigenvalue weighted by Gasteiger charge is 2.15. The molecule has 0 amide bonds. The van der Waals surface area contributed by atoms with Crippen LogP contribution in [0.3, 0.4) is 0 Å². The lowest BCUT2D eigenvalue weighted by Gasteiger charge is -2.20. The summed E-state index contributed by atoms with van der Waals surface area (Å²) in [5, 5.41) is 23.7. The summed E-state index contributed by atoms with van der Waals surface area (Å²) < 4.78 is 0. The number of benzene rings is 3. The number of hydrogen-bond acceptors (Lipinski definition) is 4. The third kappa shape index (κ3) is 6.45. The maximum atomic E-state index is 11.5. The van der Waals surface area contributed by atoms with Crippen LogP contribution in [0.4, 0.5) is 0 Å². The molecule has 3 aromatic rings. The van der Waals surface area contributed by atoms with E-state index in [-0.39, 0.29) is 6.04 Å². The van der Waals surface area contributed by atoms with Crippen LogP contribution in [0.2, 0.25) is 0 Å². The molecule has 0 saturated heterocycles. The highest BCUT2D eigenvalue weighted by Crippen LogP contribution is 2.31. The second kappa shape index (κ2) is 11.3. The third-order valence-electron chi connectivity index (χ3n) is 5.36. The molecule has 0 radical (unpaired) electrons. The average Bonchev–Trinajstić information content (AvgIpc) is 2.79. The molecule has 3 N–H and O–H groups in total. The molecule has 4 nitrogen and oxygen atoms in total. The lowest BCUT2D eigenvalue weighted by atomic mass is 10.0. The van der Waals surface area contributed by atoms with Gasteiger partial charge in [0.1, 0.15) is 0 Å². The molecular formula is C27H31NO3S. The summed E-state index contributed by atoms with van der Waals surface area (Å²) in [4.78, 5) is 12.3. The van der Waals surface area contributed by atoms with Gasteiger partial charge in [-0.3, -0.25) is 0 Å². The SMILES string of the molecule is CC(C)Sc1cc(-c2ccc(CCN[C@@H](C)[C@@H](O)c3ccccc3)cc2)ccc1C(=O)O. The molecule has 3 aromatic carbocycles. The average molecular weight is 450 g/mol. The van der Waals surface area contributed by atoms with Gasteiger partial charge in [0.2, 0.25) is 0 Å². The molecule has 5 heteroatoms. The minimum Gasteiger partial charge on any atom is -0.478 e. The minimum atomic E-state index is -0.894. The van der Waals surface area contributed by atoms with Crippen LogP contribution in [0, 0.1) is 0 Å². The van der Waals surface area contributed by atoms with Gasteiger partial charge in [0, 0.05) is 16.2 Å². The van der Waals surface area contributed by atoms with Crippen LogP contribution < -0.4 is 5.32 Å². The van der Waals surface area contributed by atoms with Crippen LogP contribution in [-0.2, 0) is 6.42 Å². The first-order chi connectivity index (χ1) is 15.3. The number of aromatic carboxylic acids is 1. The Morgan fingerprint density at radius 2 is 1.59 bits per heavy atom. The van der Waals surface area contributed by atoms with Gasteiger partial charge in [-0.2, -0.15) is 0 Å². The second-order valence-electron chi connectivity index (χ2n) is 8.23. The van der Waals surface area contributed by atoms with Crippen molar-refractivity contribution in [2.45, 2.75) is 49.5 Å². The highest BCUT2D eigenvalue weighted by molar-refractivity contribution is 8.00. The van der Waals surface area contributed by atoms with Gasteiger partial charge >= 0.3 is 5.97 Å². The Morgan fingerprint density at radius 3 is 2.22 bits per heavy atom. The van der Waals surface area contributed by atoms with E-state index in [0.29, 0.717) is 10.8 Å².